The van der Waals surface area contributed by atoms with Crippen molar-refractivity contribution >= 4 is 17.0 Å². The minimum atomic E-state index is -4.56. The van der Waals surface area contributed by atoms with Crippen molar-refractivity contribution < 1.29 is 27.6 Å². The average molecular weight is 378 g/mol. The van der Waals surface area contributed by atoms with E-state index >= 15 is 0 Å². The number of alkyl halides is 3. The van der Waals surface area contributed by atoms with Crippen LogP contribution in [0.3, 0.4) is 0 Å². The molecule has 3 rings (SSSR count). The number of nitro benzene ring substituents is 1. The number of nitrogens with zero attached hydrogens (tertiary/aromatic N) is 1. The van der Waals surface area contributed by atoms with Gasteiger partial charge in [0, 0.05) is 18.6 Å². The Labute approximate surface area is 151 Å². The van der Waals surface area contributed by atoms with Crippen LogP contribution in [0.25, 0.3) is 5.57 Å². The number of benzene rings is 2. The minimum absolute atomic E-state index is 0.00365. The van der Waals surface area contributed by atoms with Crippen LogP contribution in [0.5, 0.6) is 0 Å². The molecule has 0 fully saturated rings. The first-order chi connectivity index (χ1) is 12.7. The lowest BCUT2D eigenvalue weighted by Crippen LogP contribution is -2.21. The van der Waals surface area contributed by atoms with Crippen molar-refractivity contribution in [3.8, 4) is 0 Å². The van der Waals surface area contributed by atoms with Gasteiger partial charge < -0.3 is 10.5 Å². The van der Waals surface area contributed by atoms with E-state index in [1.807, 2.05) is 0 Å². The fourth-order valence-electron chi connectivity index (χ4n) is 2.83. The highest BCUT2D eigenvalue weighted by Crippen LogP contribution is 2.34. The molecule has 6 nitrogen and oxygen atoms in total. The molecule has 27 heavy (non-hydrogen) atoms. The fourth-order valence-corrected chi connectivity index (χ4v) is 2.83. The fraction of sp³-hybridized carbons (Fsp3) is 0.167. The van der Waals surface area contributed by atoms with E-state index in [9.17, 15) is 28.1 Å². The molecular formula is C18H13F3N2O4. The molecule has 1 heterocycles. The highest BCUT2D eigenvalue weighted by molar-refractivity contribution is 6.25. The molecule has 1 unspecified atom stereocenters. The predicted octanol–water partition coefficient (Wildman–Crippen LogP) is 3.45. The third kappa shape index (κ3) is 3.76. The molecule has 0 saturated carbocycles. The molecule has 2 aromatic carbocycles. The van der Waals surface area contributed by atoms with E-state index in [0.29, 0.717) is 5.56 Å². The predicted molar refractivity (Wildman–Crippen MR) is 89.2 cm³/mol. The van der Waals surface area contributed by atoms with Gasteiger partial charge >= 0.3 is 6.18 Å². The summed E-state index contributed by atoms with van der Waals surface area (Å²) in [7, 11) is 0. The molecule has 1 aliphatic heterocycles. The van der Waals surface area contributed by atoms with E-state index in [-0.39, 0.29) is 29.1 Å². The van der Waals surface area contributed by atoms with E-state index in [2.05, 4.69) is 0 Å². The van der Waals surface area contributed by atoms with E-state index in [4.69, 9.17) is 10.5 Å². The van der Waals surface area contributed by atoms with E-state index in [1.54, 1.807) is 6.07 Å². The Bertz CT molecular complexity index is 954. The molecule has 0 aliphatic carbocycles. The van der Waals surface area contributed by atoms with Crippen LogP contribution < -0.4 is 5.73 Å². The summed E-state index contributed by atoms with van der Waals surface area (Å²) in [6.07, 6.45) is -5.61. The van der Waals surface area contributed by atoms with Gasteiger partial charge in [0.15, 0.2) is 12.0 Å². The molecule has 9 heteroatoms. The highest BCUT2D eigenvalue weighted by atomic mass is 19.4. The molecule has 0 radical (unpaired) electrons. The summed E-state index contributed by atoms with van der Waals surface area (Å²) in [6, 6.07) is 9.91. The second-order valence-corrected chi connectivity index (χ2v) is 5.92. The van der Waals surface area contributed by atoms with Crippen LogP contribution in [-0.4, -0.2) is 16.8 Å². The van der Waals surface area contributed by atoms with E-state index in [1.165, 1.54) is 30.3 Å². The Morgan fingerprint density at radius 2 is 1.85 bits per heavy atom. The van der Waals surface area contributed by atoms with Crippen molar-refractivity contribution in [1.82, 2.24) is 0 Å². The summed E-state index contributed by atoms with van der Waals surface area (Å²) in [5.74, 6) is -0.840. The Balaban J connectivity index is 1.85. The van der Waals surface area contributed by atoms with E-state index in [0.717, 1.165) is 12.1 Å². The lowest BCUT2D eigenvalue weighted by Gasteiger charge is -2.10. The third-order valence-electron chi connectivity index (χ3n) is 4.08. The number of ether oxygens (including phenoxy) is 1. The monoisotopic (exact) mass is 378 g/mol. The summed E-state index contributed by atoms with van der Waals surface area (Å²) in [5, 5.41) is 10.8. The Kier molecular flexibility index (Phi) is 4.61. The lowest BCUT2D eigenvalue weighted by molar-refractivity contribution is -0.384. The second-order valence-electron chi connectivity index (χ2n) is 5.92. The first kappa shape index (κ1) is 18.4. The number of hydrogen-bond donors (Lipinski definition) is 1. The van der Waals surface area contributed by atoms with Crippen molar-refractivity contribution in [2.45, 2.75) is 18.7 Å². The Morgan fingerprint density at radius 3 is 2.52 bits per heavy atom. The van der Waals surface area contributed by atoms with Gasteiger partial charge in [-0.3, -0.25) is 14.9 Å². The maximum absolute atomic E-state index is 12.9. The van der Waals surface area contributed by atoms with Crippen LogP contribution >= 0.6 is 0 Å². The largest absolute Gasteiger partial charge is 0.467 e. The van der Waals surface area contributed by atoms with Crippen molar-refractivity contribution in [3.05, 3.63) is 81.2 Å². The Hall–Kier alpha value is -3.36. The van der Waals surface area contributed by atoms with Crippen molar-refractivity contribution in [2.75, 3.05) is 0 Å². The van der Waals surface area contributed by atoms with Gasteiger partial charge in [0.2, 0.25) is 5.78 Å². The zero-order valence-electron chi connectivity index (χ0n) is 13.7. The number of nitrogens with two attached hydrogens (primary N) is 1. The number of hydrogen-bond acceptors (Lipinski definition) is 5. The normalized spacial score (nSPS) is 17.1. The maximum atomic E-state index is 12.9. The molecule has 2 aromatic rings. The van der Waals surface area contributed by atoms with Gasteiger partial charge in [-0.1, -0.05) is 24.3 Å². The first-order valence-electron chi connectivity index (χ1n) is 7.78. The number of nitro groups is 1. The van der Waals surface area contributed by atoms with Gasteiger partial charge in [-0.15, -0.1) is 0 Å². The molecular weight excluding hydrogens is 365 g/mol. The standard InChI is InChI=1S/C18H13F3N2O4/c19-18(20,21)12-5-2-4-11(9-12)15-16(24)14(27-17(15)22)8-10-3-1-6-13(7-10)23(25)26/h1-7,9,14H,8,22H2. The zero-order valence-corrected chi connectivity index (χ0v) is 13.7. The molecule has 2 N–H and O–H groups in total. The number of non-ortho nitro benzene ring substituents is 1. The second kappa shape index (κ2) is 6.75. The number of rotatable bonds is 4. The van der Waals surface area contributed by atoms with Crippen LogP contribution in [0.2, 0.25) is 0 Å². The quantitative estimate of drug-likeness (QED) is 0.649. The van der Waals surface area contributed by atoms with E-state index < -0.39 is 28.6 Å². The molecule has 0 saturated heterocycles. The van der Waals surface area contributed by atoms with Crippen LogP contribution in [0.1, 0.15) is 16.7 Å². The molecule has 0 spiro atoms. The zero-order chi connectivity index (χ0) is 19.8. The van der Waals surface area contributed by atoms with Crippen molar-refractivity contribution in [3.63, 3.8) is 0 Å². The summed E-state index contributed by atoms with van der Waals surface area (Å²) in [4.78, 5) is 22.9. The number of Topliss-reactive ketones (excluding diaryl/α,β-unsaturated/α-hetero) is 1. The highest BCUT2D eigenvalue weighted by Gasteiger charge is 2.37. The van der Waals surface area contributed by atoms with Gasteiger partial charge in [0.05, 0.1) is 16.1 Å². The number of ketones is 1. The minimum Gasteiger partial charge on any atom is -0.467 e. The summed E-state index contributed by atoms with van der Waals surface area (Å²) in [6.45, 7) is 0. The van der Waals surface area contributed by atoms with Crippen LogP contribution in [0.4, 0.5) is 18.9 Å². The topological polar surface area (TPSA) is 95.5 Å². The number of carbonyl (C=O) groups is 1. The maximum Gasteiger partial charge on any atom is 0.416 e. The van der Waals surface area contributed by atoms with Crippen molar-refractivity contribution in [1.29, 1.82) is 0 Å². The van der Waals surface area contributed by atoms with Gasteiger partial charge in [0.25, 0.3) is 5.69 Å². The number of halogens is 3. The van der Waals surface area contributed by atoms with Crippen molar-refractivity contribution in [2.24, 2.45) is 5.73 Å². The van der Waals surface area contributed by atoms with Gasteiger partial charge in [-0.25, -0.2) is 0 Å². The molecule has 1 aliphatic rings. The summed E-state index contributed by atoms with van der Waals surface area (Å²) >= 11 is 0. The van der Waals surface area contributed by atoms with Gasteiger partial charge in [-0.2, -0.15) is 13.2 Å². The van der Waals surface area contributed by atoms with Gasteiger partial charge in [0.1, 0.15) is 0 Å². The smallest absolute Gasteiger partial charge is 0.416 e. The average Bonchev–Trinajstić information content (AvgIpc) is 2.88. The molecule has 0 aromatic heterocycles. The van der Waals surface area contributed by atoms with Crippen LogP contribution in [0, 0.1) is 10.1 Å². The first-order valence-corrected chi connectivity index (χ1v) is 7.78. The molecule has 0 bridgehead atoms. The molecule has 0 amide bonds. The lowest BCUT2D eigenvalue weighted by atomic mass is 9.96. The van der Waals surface area contributed by atoms with Crippen LogP contribution in [-0.2, 0) is 22.1 Å². The van der Waals surface area contributed by atoms with Gasteiger partial charge in [-0.05, 0) is 23.3 Å². The molecule has 140 valence electrons. The number of carbonyl (C=O) groups excluding carboxylic acids is 1. The summed E-state index contributed by atoms with van der Waals surface area (Å²) in [5.41, 5.74) is 5.03. The molecule has 1 atom stereocenters. The SMILES string of the molecule is NC1=C(c2cccc(C(F)(F)F)c2)C(=O)C(Cc2cccc([N+](=O)[O-])c2)O1. The third-order valence-corrected chi connectivity index (χ3v) is 4.08. The summed E-state index contributed by atoms with van der Waals surface area (Å²) < 4.78 is 44.0. The van der Waals surface area contributed by atoms with Crippen LogP contribution in [0.15, 0.2) is 54.4 Å². The Morgan fingerprint density at radius 1 is 1.15 bits per heavy atom.